The number of rotatable bonds is 2. The molecule has 1 heterocycles. The van der Waals surface area contributed by atoms with Gasteiger partial charge in [0.25, 0.3) is 0 Å². The van der Waals surface area contributed by atoms with E-state index in [-0.39, 0.29) is 0 Å². The number of ether oxygens (including phenoxy) is 1. The van der Waals surface area contributed by atoms with Gasteiger partial charge in [-0.1, -0.05) is 15.9 Å². The SMILES string of the molecule is Cc1ncncc1C(=O)Oc1ccc(Br)cc1. The molecular formula is C12H9BrN2O2. The smallest absolute Gasteiger partial charge is 0.346 e. The Morgan fingerprint density at radius 3 is 2.65 bits per heavy atom. The van der Waals surface area contributed by atoms with E-state index in [0.717, 1.165) is 4.47 Å². The highest BCUT2D eigenvalue weighted by Crippen LogP contribution is 2.17. The average molecular weight is 293 g/mol. The van der Waals surface area contributed by atoms with E-state index in [1.54, 1.807) is 31.2 Å². The van der Waals surface area contributed by atoms with E-state index in [4.69, 9.17) is 4.74 Å². The van der Waals surface area contributed by atoms with Crippen molar-refractivity contribution < 1.29 is 9.53 Å². The summed E-state index contributed by atoms with van der Waals surface area (Å²) in [6.07, 6.45) is 2.84. The normalized spacial score (nSPS) is 10.0. The summed E-state index contributed by atoms with van der Waals surface area (Å²) in [4.78, 5) is 19.5. The maximum absolute atomic E-state index is 11.8. The standard InChI is InChI=1S/C12H9BrN2O2/c1-8-11(6-14-7-15-8)12(16)17-10-4-2-9(13)3-5-10/h2-7H,1H3. The highest BCUT2D eigenvalue weighted by Gasteiger charge is 2.12. The molecule has 86 valence electrons. The third-order valence-corrected chi connectivity index (χ3v) is 2.68. The van der Waals surface area contributed by atoms with Gasteiger partial charge < -0.3 is 4.74 Å². The maximum Gasteiger partial charge on any atom is 0.346 e. The number of aryl methyl sites for hydroxylation is 1. The fourth-order valence-electron chi connectivity index (χ4n) is 1.26. The topological polar surface area (TPSA) is 52.1 Å². The van der Waals surface area contributed by atoms with E-state index in [2.05, 4.69) is 25.9 Å². The van der Waals surface area contributed by atoms with Crippen LogP contribution >= 0.6 is 15.9 Å². The van der Waals surface area contributed by atoms with Gasteiger partial charge in [0.05, 0.1) is 11.3 Å². The van der Waals surface area contributed by atoms with Crippen LogP contribution in [0.3, 0.4) is 0 Å². The average Bonchev–Trinajstić information content (AvgIpc) is 2.32. The van der Waals surface area contributed by atoms with Gasteiger partial charge in [-0.25, -0.2) is 14.8 Å². The first kappa shape index (κ1) is 11.7. The highest BCUT2D eigenvalue weighted by molar-refractivity contribution is 9.10. The van der Waals surface area contributed by atoms with E-state index in [1.807, 2.05) is 0 Å². The number of hydrogen-bond donors (Lipinski definition) is 0. The van der Waals surface area contributed by atoms with Crippen LogP contribution in [0.4, 0.5) is 0 Å². The Bertz CT molecular complexity index is 540. The Balaban J connectivity index is 2.17. The molecule has 2 aromatic rings. The molecule has 4 nitrogen and oxygen atoms in total. The van der Waals surface area contributed by atoms with Crippen molar-refractivity contribution in [2.45, 2.75) is 6.92 Å². The largest absolute Gasteiger partial charge is 0.423 e. The number of aromatic nitrogens is 2. The minimum Gasteiger partial charge on any atom is -0.423 e. The molecular weight excluding hydrogens is 284 g/mol. The highest BCUT2D eigenvalue weighted by atomic mass is 79.9. The fourth-order valence-corrected chi connectivity index (χ4v) is 1.52. The first-order valence-corrected chi connectivity index (χ1v) is 5.70. The summed E-state index contributed by atoms with van der Waals surface area (Å²) in [5.41, 5.74) is 0.970. The fraction of sp³-hybridized carbons (Fsp3) is 0.0833. The number of esters is 1. The molecule has 5 heteroatoms. The summed E-state index contributed by atoms with van der Waals surface area (Å²) >= 11 is 3.31. The minimum absolute atomic E-state index is 0.371. The van der Waals surface area contributed by atoms with Crippen molar-refractivity contribution in [3.8, 4) is 5.75 Å². The van der Waals surface area contributed by atoms with Crippen LogP contribution < -0.4 is 4.74 Å². The van der Waals surface area contributed by atoms with Crippen molar-refractivity contribution in [1.82, 2.24) is 9.97 Å². The maximum atomic E-state index is 11.8. The summed E-state index contributed by atoms with van der Waals surface area (Å²) in [6.45, 7) is 1.74. The Labute approximate surface area is 107 Å². The monoisotopic (exact) mass is 292 g/mol. The molecule has 1 aromatic carbocycles. The van der Waals surface area contributed by atoms with Gasteiger partial charge in [0.15, 0.2) is 0 Å². The second-order valence-electron chi connectivity index (χ2n) is 3.37. The summed E-state index contributed by atoms with van der Waals surface area (Å²) in [7, 11) is 0. The first-order chi connectivity index (χ1) is 8.16. The van der Waals surface area contributed by atoms with Crippen LogP contribution in [-0.4, -0.2) is 15.9 Å². The number of hydrogen-bond acceptors (Lipinski definition) is 4. The molecule has 0 radical (unpaired) electrons. The van der Waals surface area contributed by atoms with Crippen molar-refractivity contribution in [3.05, 3.63) is 52.5 Å². The molecule has 0 unspecified atom stereocenters. The van der Waals surface area contributed by atoms with E-state index in [1.165, 1.54) is 12.5 Å². The van der Waals surface area contributed by atoms with Crippen LogP contribution in [-0.2, 0) is 0 Å². The lowest BCUT2D eigenvalue weighted by atomic mass is 10.2. The van der Waals surface area contributed by atoms with Gasteiger partial charge in [0.1, 0.15) is 12.1 Å². The van der Waals surface area contributed by atoms with Gasteiger partial charge in [0.2, 0.25) is 0 Å². The predicted molar refractivity (Wildman–Crippen MR) is 65.9 cm³/mol. The number of halogens is 1. The predicted octanol–water partition coefficient (Wildman–Crippen LogP) is 2.77. The molecule has 0 aliphatic carbocycles. The van der Waals surface area contributed by atoms with Gasteiger partial charge in [-0.2, -0.15) is 0 Å². The molecule has 0 aliphatic rings. The molecule has 0 aliphatic heterocycles. The molecule has 0 saturated carbocycles. The molecule has 0 N–H and O–H groups in total. The Morgan fingerprint density at radius 1 is 1.29 bits per heavy atom. The lowest BCUT2D eigenvalue weighted by Crippen LogP contribution is -2.11. The molecule has 0 atom stereocenters. The lowest BCUT2D eigenvalue weighted by Gasteiger charge is -2.05. The third-order valence-electron chi connectivity index (χ3n) is 2.16. The molecule has 1 aromatic heterocycles. The second kappa shape index (κ2) is 5.05. The molecule has 0 spiro atoms. The molecule has 17 heavy (non-hydrogen) atoms. The molecule has 0 saturated heterocycles. The van der Waals surface area contributed by atoms with E-state index >= 15 is 0 Å². The Morgan fingerprint density at radius 2 is 2.00 bits per heavy atom. The number of nitrogens with zero attached hydrogens (tertiary/aromatic N) is 2. The number of benzene rings is 1. The van der Waals surface area contributed by atoms with Crippen LogP contribution in [0, 0.1) is 6.92 Å². The number of carbonyl (C=O) groups is 1. The lowest BCUT2D eigenvalue weighted by molar-refractivity contribution is 0.0733. The zero-order chi connectivity index (χ0) is 12.3. The summed E-state index contributed by atoms with van der Waals surface area (Å²) in [6, 6.07) is 7.02. The van der Waals surface area contributed by atoms with Crippen molar-refractivity contribution in [2.24, 2.45) is 0 Å². The Kier molecular flexibility index (Phi) is 3.49. The van der Waals surface area contributed by atoms with Crippen molar-refractivity contribution >= 4 is 21.9 Å². The van der Waals surface area contributed by atoms with E-state index in [0.29, 0.717) is 17.0 Å². The van der Waals surface area contributed by atoms with Gasteiger partial charge in [0, 0.05) is 10.7 Å². The zero-order valence-electron chi connectivity index (χ0n) is 9.05. The van der Waals surface area contributed by atoms with Crippen LogP contribution in [0.5, 0.6) is 5.75 Å². The second-order valence-corrected chi connectivity index (χ2v) is 4.28. The zero-order valence-corrected chi connectivity index (χ0v) is 10.6. The first-order valence-electron chi connectivity index (χ1n) is 4.91. The molecule has 0 amide bonds. The van der Waals surface area contributed by atoms with Crippen molar-refractivity contribution in [1.29, 1.82) is 0 Å². The van der Waals surface area contributed by atoms with E-state index < -0.39 is 5.97 Å². The van der Waals surface area contributed by atoms with E-state index in [9.17, 15) is 4.79 Å². The molecule has 2 rings (SSSR count). The Hall–Kier alpha value is -1.75. The third kappa shape index (κ3) is 2.88. The van der Waals surface area contributed by atoms with Crippen molar-refractivity contribution in [2.75, 3.05) is 0 Å². The van der Waals surface area contributed by atoms with Crippen LogP contribution in [0.2, 0.25) is 0 Å². The van der Waals surface area contributed by atoms with Gasteiger partial charge in [-0.05, 0) is 31.2 Å². The van der Waals surface area contributed by atoms with Crippen LogP contribution in [0.15, 0.2) is 41.3 Å². The number of carbonyl (C=O) groups excluding carboxylic acids is 1. The molecule has 0 fully saturated rings. The summed E-state index contributed by atoms with van der Waals surface area (Å²) in [5.74, 6) is 0.0341. The van der Waals surface area contributed by atoms with Gasteiger partial charge >= 0.3 is 5.97 Å². The quantitative estimate of drug-likeness (QED) is 0.631. The van der Waals surface area contributed by atoms with Gasteiger partial charge in [-0.3, -0.25) is 0 Å². The molecule has 0 bridgehead atoms. The van der Waals surface area contributed by atoms with Crippen molar-refractivity contribution in [3.63, 3.8) is 0 Å². The van der Waals surface area contributed by atoms with Crippen LogP contribution in [0.1, 0.15) is 16.1 Å². The minimum atomic E-state index is -0.453. The summed E-state index contributed by atoms with van der Waals surface area (Å²) in [5, 5.41) is 0. The van der Waals surface area contributed by atoms with Crippen LogP contribution in [0.25, 0.3) is 0 Å². The summed E-state index contributed by atoms with van der Waals surface area (Å²) < 4.78 is 6.12. The van der Waals surface area contributed by atoms with Gasteiger partial charge in [-0.15, -0.1) is 0 Å².